The Labute approximate surface area is 106 Å². The van der Waals surface area contributed by atoms with E-state index in [0.29, 0.717) is 12.2 Å². The molecule has 0 radical (unpaired) electrons. The summed E-state index contributed by atoms with van der Waals surface area (Å²) in [6.07, 6.45) is 0.925. The van der Waals surface area contributed by atoms with Gasteiger partial charge in [-0.2, -0.15) is 0 Å². The Hall–Kier alpha value is -2.04. The van der Waals surface area contributed by atoms with Crippen LogP contribution in [-0.4, -0.2) is 31.6 Å². The van der Waals surface area contributed by atoms with Crippen molar-refractivity contribution in [1.29, 1.82) is 0 Å². The lowest BCUT2D eigenvalue weighted by Gasteiger charge is -2.06. The Balaban J connectivity index is 1.95. The summed E-state index contributed by atoms with van der Waals surface area (Å²) in [6, 6.07) is 5.50. The standard InChI is InChI=1S/C13H16N2O3/c1-2-18-12(16)8-15-13(17)10-3-4-11-9(7-10)5-6-14-11/h3-4,7,14H,2,5-6,8H2,1H3,(H,15,17). The van der Waals surface area contributed by atoms with Gasteiger partial charge in [0, 0.05) is 17.8 Å². The maximum Gasteiger partial charge on any atom is 0.325 e. The van der Waals surface area contributed by atoms with Gasteiger partial charge in [0.1, 0.15) is 6.54 Å². The molecule has 0 aliphatic carbocycles. The summed E-state index contributed by atoms with van der Waals surface area (Å²) >= 11 is 0. The molecule has 0 saturated heterocycles. The Morgan fingerprint density at radius 3 is 3.06 bits per heavy atom. The van der Waals surface area contributed by atoms with Gasteiger partial charge in [0.15, 0.2) is 0 Å². The van der Waals surface area contributed by atoms with Gasteiger partial charge in [0.05, 0.1) is 6.61 Å². The molecule has 18 heavy (non-hydrogen) atoms. The summed E-state index contributed by atoms with van der Waals surface area (Å²) in [7, 11) is 0. The topological polar surface area (TPSA) is 67.4 Å². The summed E-state index contributed by atoms with van der Waals surface area (Å²) < 4.78 is 4.74. The van der Waals surface area contributed by atoms with E-state index in [0.717, 1.165) is 24.2 Å². The Kier molecular flexibility index (Phi) is 3.82. The number of anilines is 1. The summed E-state index contributed by atoms with van der Waals surface area (Å²) in [4.78, 5) is 22.9. The molecule has 0 unspecified atom stereocenters. The molecule has 1 aromatic carbocycles. The van der Waals surface area contributed by atoms with Gasteiger partial charge in [-0.1, -0.05) is 0 Å². The average molecular weight is 248 g/mol. The first-order chi connectivity index (χ1) is 8.70. The van der Waals surface area contributed by atoms with Crippen molar-refractivity contribution in [2.75, 3.05) is 25.0 Å². The van der Waals surface area contributed by atoms with Gasteiger partial charge in [-0.3, -0.25) is 9.59 Å². The first kappa shape index (κ1) is 12.4. The number of carbonyl (C=O) groups is 2. The summed E-state index contributed by atoms with van der Waals surface area (Å²) in [6.45, 7) is 2.86. The number of nitrogens with one attached hydrogen (secondary N) is 2. The van der Waals surface area contributed by atoms with Gasteiger partial charge in [-0.05, 0) is 37.1 Å². The molecule has 0 spiro atoms. The highest BCUT2D eigenvalue weighted by molar-refractivity contribution is 5.96. The predicted octanol–water partition coefficient (Wildman–Crippen LogP) is 0.947. The number of esters is 1. The minimum absolute atomic E-state index is 0.0952. The van der Waals surface area contributed by atoms with Gasteiger partial charge in [-0.15, -0.1) is 0 Å². The number of benzene rings is 1. The molecule has 2 N–H and O–H groups in total. The van der Waals surface area contributed by atoms with E-state index >= 15 is 0 Å². The number of rotatable bonds is 4. The average Bonchev–Trinajstić information content (AvgIpc) is 2.83. The lowest BCUT2D eigenvalue weighted by atomic mass is 10.1. The largest absolute Gasteiger partial charge is 0.465 e. The summed E-state index contributed by atoms with van der Waals surface area (Å²) in [5.74, 6) is -0.675. The minimum Gasteiger partial charge on any atom is -0.465 e. The van der Waals surface area contributed by atoms with Crippen LogP contribution in [0.2, 0.25) is 0 Å². The van der Waals surface area contributed by atoms with Crippen LogP contribution in [-0.2, 0) is 16.0 Å². The van der Waals surface area contributed by atoms with E-state index in [2.05, 4.69) is 10.6 Å². The molecule has 1 aliphatic rings. The number of hydrogen-bond donors (Lipinski definition) is 2. The molecule has 96 valence electrons. The number of amides is 1. The van der Waals surface area contributed by atoms with Crippen LogP contribution in [0.5, 0.6) is 0 Å². The van der Waals surface area contributed by atoms with Crippen molar-refractivity contribution < 1.29 is 14.3 Å². The Morgan fingerprint density at radius 1 is 1.44 bits per heavy atom. The van der Waals surface area contributed by atoms with E-state index in [9.17, 15) is 9.59 Å². The summed E-state index contributed by atoms with van der Waals surface area (Å²) in [5.41, 5.74) is 2.79. The van der Waals surface area contributed by atoms with Crippen molar-refractivity contribution >= 4 is 17.6 Å². The molecule has 1 heterocycles. The molecule has 0 saturated carbocycles. The van der Waals surface area contributed by atoms with Crippen LogP contribution >= 0.6 is 0 Å². The fourth-order valence-electron chi connectivity index (χ4n) is 1.91. The second-order valence-electron chi connectivity index (χ2n) is 4.04. The molecule has 0 atom stereocenters. The molecular weight excluding hydrogens is 232 g/mol. The van der Waals surface area contributed by atoms with E-state index in [1.54, 1.807) is 13.0 Å². The molecule has 1 aliphatic heterocycles. The third-order valence-electron chi connectivity index (χ3n) is 2.78. The van der Waals surface area contributed by atoms with Crippen LogP contribution < -0.4 is 10.6 Å². The van der Waals surface area contributed by atoms with E-state index in [1.807, 2.05) is 12.1 Å². The van der Waals surface area contributed by atoms with Gasteiger partial charge < -0.3 is 15.4 Å². The van der Waals surface area contributed by atoms with E-state index in [1.165, 1.54) is 0 Å². The molecule has 0 fully saturated rings. The molecule has 2 rings (SSSR count). The van der Waals surface area contributed by atoms with Crippen LogP contribution in [0.25, 0.3) is 0 Å². The molecule has 1 aromatic rings. The van der Waals surface area contributed by atoms with E-state index in [-0.39, 0.29) is 12.5 Å². The summed E-state index contributed by atoms with van der Waals surface area (Å²) in [5, 5.41) is 5.77. The van der Waals surface area contributed by atoms with E-state index < -0.39 is 5.97 Å². The highest BCUT2D eigenvalue weighted by Gasteiger charge is 2.14. The smallest absolute Gasteiger partial charge is 0.325 e. The Morgan fingerprint density at radius 2 is 2.28 bits per heavy atom. The van der Waals surface area contributed by atoms with Gasteiger partial charge in [0.25, 0.3) is 5.91 Å². The number of carbonyl (C=O) groups excluding carboxylic acids is 2. The van der Waals surface area contributed by atoms with Crippen LogP contribution in [0, 0.1) is 0 Å². The number of hydrogen-bond acceptors (Lipinski definition) is 4. The molecule has 0 bridgehead atoms. The van der Waals surface area contributed by atoms with Crippen molar-refractivity contribution in [3.05, 3.63) is 29.3 Å². The molecular formula is C13H16N2O3. The lowest BCUT2D eigenvalue weighted by Crippen LogP contribution is -2.30. The monoisotopic (exact) mass is 248 g/mol. The van der Waals surface area contributed by atoms with Crippen molar-refractivity contribution in [3.8, 4) is 0 Å². The van der Waals surface area contributed by atoms with Gasteiger partial charge in [-0.25, -0.2) is 0 Å². The second kappa shape index (κ2) is 5.53. The van der Waals surface area contributed by atoms with Crippen molar-refractivity contribution in [1.82, 2.24) is 5.32 Å². The van der Waals surface area contributed by atoms with Crippen molar-refractivity contribution in [3.63, 3.8) is 0 Å². The maximum absolute atomic E-state index is 11.8. The fourth-order valence-corrected chi connectivity index (χ4v) is 1.91. The van der Waals surface area contributed by atoms with Crippen molar-refractivity contribution in [2.24, 2.45) is 0 Å². The third-order valence-corrected chi connectivity index (χ3v) is 2.78. The third kappa shape index (κ3) is 2.80. The van der Waals surface area contributed by atoms with Gasteiger partial charge in [0.2, 0.25) is 0 Å². The molecule has 5 nitrogen and oxygen atoms in total. The highest BCUT2D eigenvalue weighted by Crippen LogP contribution is 2.22. The maximum atomic E-state index is 11.8. The van der Waals surface area contributed by atoms with Crippen LogP contribution in [0.15, 0.2) is 18.2 Å². The van der Waals surface area contributed by atoms with Crippen LogP contribution in [0.3, 0.4) is 0 Å². The molecule has 0 aromatic heterocycles. The molecule has 1 amide bonds. The zero-order valence-corrected chi connectivity index (χ0v) is 10.3. The first-order valence-electron chi connectivity index (χ1n) is 6.01. The van der Waals surface area contributed by atoms with E-state index in [4.69, 9.17) is 4.74 Å². The zero-order chi connectivity index (χ0) is 13.0. The fraction of sp³-hybridized carbons (Fsp3) is 0.385. The first-order valence-corrected chi connectivity index (χ1v) is 6.01. The SMILES string of the molecule is CCOC(=O)CNC(=O)c1ccc2c(c1)CCN2. The van der Waals surface area contributed by atoms with Gasteiger partial charge >= 0.3 is 5.97 Å². The predicted molar refractivity (Wildman–Crippen MR) is 67.6 cm³/mol. The second-order valence-corrected chi connectivity index (χ2v) is 4.04. The minimum atomic E-state index is -0.423. The lowest BCUT2D eigenvalue weighted by molar-refractivity contribution is -0.141. The normalized spacial score (nSPS) is 12.5. The zero-order valence-electron chi connectivity index (χ0n) is 10.3. The van der Waals surface area contributed by atoms with Crippen LogP contribution in [0.4, 0.5) is 5.69 Å². The molecule has 5 heteroatoms. The van der Waals surface area contributed by atoms with Crippen LogP contribution in [0.1, 0.15) is 22.8 Å². The number of fused-ring (bicyclic) bond motifs is 1. The quantitative estimate of drug-likeness (QED) is 0.778. The number of ether oxygens (including phenoxy) is 1. The van der Waals surface area contributed by atoms with Crippen molar-refractivity contribution in [2.45, 2.75) is 13.3 Å². The Bertz CT molecular complexity index is 471. The highest BCUT2D eigenvalue weighted by atomic mass is 16.5.